The molecule has 0 aliphatic heterocycles. The Morgan fingerprint density at radius 3 is 2.92 bits per heavy atom. The van der Waals surface area contributed by atoms with Gasteiger partial charge in [0.25, 0.3) is 0 Å². The van der Waals surface area contributed by atoms with Crippen LogP contribution in [-0.2, 0) is 16.1 Å². The number of hydrogen-bond donors (Lipinski definition) is 1. The molecule has 132 valence electrons. The Balaban J connectivity index is 2.05. The fraction of sp³-hybridized carbons (Fsp3) is 0.353. The normalized spacial score (nSPS) is 10.5. The molecule has 1 amide bonds. The minimum Gasteiger partial charge on any atom is -0.383 e. The zero-order valence-corrected chi connectivity index (χ0v) is 15.9. The number of imidazole rings is 1. The molecule has 8 heteroatoms. The van der Waals surface area contributed by atoms with Gasteiger partial charge >= 0.3 is 0 Å². The summed E-state index contributed by atoms with van der Waals surface area (Å²) in [4.78, 5) is 16.7. The van der Waals surface area contributed by atoms with Crippen molar-refractivity contribution in [3.05, 3.63) is 40.2 Å². The third kappa shape index (κ3) is 4.98. The molecule has 0 aliphatic carbocycles. The van der Waals surface area contributed by atoms with E-state index in [-0.39, 0.29) is 11.7 Å². The summed E-state index contributed by atoms with van der Waals surface area (Å²) in [6.07, 6.45) is 0. The summed E-state index contributed by atoms with van der Waals surface area (Å²) in [7, 11) is 1.65. The van der Waals surface area contributed by atoms with Gasteiger partial charge in [-0.1, -0.05) is 23.4 Å². The lowest BCUT2D eigenvalue weighted by Gasteiger charge is -2.10. The zero-order valence-electron chi connectivity index (χ0n) is 14.3. The number of methoxy groups -OCH3 is 1. The Morgan fingerprint density at radius 1 is 1.48 bits per heavy atom. The number of halogens is 1. The third-order valence-electron chi connectivity index (χ3n) is 3.65. The first-order valence-electron chi connectivity index (χ1n) is 7.61. The number of anilines is 1. The van der Waals surface area contributed by atoms with Crippen LogP contribution in [0.3, 0.4) is 0 Å². The SMILES string of the molecule is COCCn1c(SCC(=O)Nc2cc(Cl)ccc2C#N)nc(C)c1C. The molecule has 0 saturated heterocycles. The predicted octanol–water partition coefficient (Wildman–Crippen LogP) is 3.40. The fourth-order valence-corrected chi connectivity index (χ4v) is 3.30. The predicted molar refractivity (Wildman–Crippen MR) is 99.1 cm³/mol. The maximum atomic E-state index is 12.2. The van der Waals surface area contributed by atoms with Crippen LogP contribution >= 0.6 is 23.4 Å². The number of amides is 1. The van der Waals surface area contributed by atoms with E-state index in [4.69, 9.17) is 21.6 Å². The van der Waals surface area contributed by atoms with E-state index in [1.807, 2.05) is 24.5 Å². The van der Waals surface area contributed by atoms with E-state index >= 15 is 0 Å². The van der Waals surface area contributed by atoms with Crippen LogP contribution in [0.1, 0.15) is 17.0 Å². The molecule has 0 atom stereocenters. The zero-order chi connectivity index (χ0) is 18.4. The summed E-state index contributed by atoms with van der Waals surface area (Å²) < 4.78 is 7.16. The summed E-state index contributed by atoms with van der Waals surface area (Å²) in [6.45, 7) is 5.19. The number of nitrogens with one attached hydrogen (secondary N) is 1. The van der Waals surface area contributed by atoms with Gasteiger partial charge in [-0.05, 0) is 32.0 Å². The standard InChI is InChI=1S/C17H19ClN4O2S/c1-11-12(2)22(6-7-24-3)17(20-11)25-10-16(23)21-15-8-14(18)5-4-13(15)9-19/h4-5,8H,6-7,10H2,1-3H3,(H,21,23). The lowest BCUT2D eigenvalue weighted by Crippen LogP contribution is -2.16. The van der Waals surface area contributed by atoms with E-state index in [2.05, 4.69) is 10.3 Å². The van der Waals surface area contributed by atoms with Gasteiger partial charge in [0.05, 0.1) is 29.3 Å². The van der Waals surface area contributed by atoms with Crippen LogP contribution in [0.4, 0.5) is 5.69 Å². The van der Waals surface area contributed by atoms with Gasteiger partial charge in [0.1, 0.15) is 6.07 Å². The first kappa shape index (κ1) is 19.3. The quantitative estimate of drug-likeness (QED) is 0.747. The monoisotopic (exact) mass is 378 g/mol. The number of aromatic nitrogens is 2. The molecule has 0 fully saturated rings. The molecule has 0 saturated carbocycles. The molecule has 2 aromatic rings. The smallest absolute Gasteiger partial charge is 0.234 e. The van der Waals surface area contributed by atoms with Gasteiger partial charge in [0.2, 0.25) is 5.91 Å². The molecule has 0 aliphatic rings. The molecular weight excluding hydrogens is 360 g/mol. The van der Waals surface area contributed by atoms with E-state index in [9.17, 15) is 4.79 Å². The average Bonchev–Trinajstić information content (AvgIpc) is 2.85. The van der Waals surface area contributed by atoms with E-state index < -0.39 is 0 Å². The van der Waals surface area contributed by atoms with Crippen LogP contribution in [0.25, 0.3) is 0 Å². The van der Waals surface area contributed by atoms with Crippen molar-refractivity contribution in [2.75, 3.05) is 24.8 Å². The van der Waals surface area contributed by atoms with Crippen LogP contribution in [0.15, 0.2) is 23.4 Å². The van der Waals surface area contributed by atoms with Crippen molar-refractivity contribution >= 4 is 35.0 Å². The van der Waals surface area contributed by atoms with Crippen LogP contribution in [0.2, 0.25) is 5.02 Å². The highest BCUT2D eigenvalue weighted by molar-refractivity contribution is 7.99. The van der Waals surface area contributed by atoms with Gasteiger partial charge in [0, 0.05) is 24.4 Å². The fourth-order valence-electron chi connectivity index (χ4n) is 2.21. The number of thioether (sulfide) groups is 1. The van der Waals surface area contributed by atoms with Gasteiger partial charge in [-0.2, -0.15) is 5.26 Å². The molecule has 0 bridgehead atoms. The van der Waals surface area contributed by atoms with Gasteiger partial charge < -0.3 is 14.6 Å². The van der Waals surface area contributed by atoms with Crippen molar-refractivity contribution < 1.29 is 9.53 Å². The van der Waals surface area contributed by atoms with Crippen molar-refractivity contribution in [1.29, 1.82) is 5.26 Å². The topological polar surface area (TPSA) is 79.9 Å². The molecule has 2 rings (SSSR count). The highest BCUT2D eigenvalue weighted by Gasteiger charge is 2.14. The number of benzene rings is 1. The van der Waals surface area contributed by atoms with Crippen LogP contribution in [0, 0.1) is 25.2 Å². The molecular formula is C17H19ClN4O2S. The number of carbonyl (C=O) groups is 1. The Bertz CT molecular complexity index is 814. The van der Waals surface area contributed by atoms with E-state index in [0.29, 0.717) is 29.4 Å². The summed E-state index contributed by atoms with van der Waals surface area (Å²) >= 11 is 7.27. The van der Waals surface area contributed by atoms with Crippen molar-refractivity contribution in [3.63, 3.8) is 0 Å². The van der Waals surface area contributed by atoms with Crippen LogP contribution in [-0.4, -0.2) is 34.9 Å². The Kier molecular flexibility index (Phi) is 6.88. The second-order valence-electron chi connectivity index (χ2n) is 5.35. The minimum atomic E-state index is -0.222. The summed E-state index contributed by atoms with van der Waals surface area (Å²) in [5.74, 6) is -0.0411. The van der Waals surface area contributed by atoms with Gasteiger partial charge in [0.15, 0.2) is 5.16 Å². The number of rotatable bonds is 7. The molecule has 25 heavy (non-hydrogen) atoms. The first-order valence-corrected chi connectivity index (χ1v) is 8.97. The van der Waals surface area contributed by atoms with Gasteiger partial charge in [-0.15, -0.1) is 0 Å². The minimum absolute atomic E-state index is 0.181. The van der Waals surface area contributed by atoms with Crippen LogP contribution in [0.5, 0.6) is 0 Å². The number of hydrogen-bond acceptors (Lipinski definition) is 5. The average molecular weight is 379 g/mol. The molecule has 1 N–H and O–H groups in total. The van der Waals surface area contributed by atoms with Crippen molar-refractivity contribution in [2.24, 2.45) is 0 Å². The van der Waals surface area contributed by atoms with Gasteiger partial charge in [-0.25, -0.2) is 4.98 Å². The molecule has 1 aromatic heterocycles. The number of nitriles is 1. The maximum Gasteiger partial charge on any atom is 0.234 e. The van der Waals surface area contributed by atoms with E-state index in [1.165, 1.54) is 11.8 Å². The molecule has 0 spiro atoms. The molecule has 0 radical (unpaired) electrons. The second kappa shape index (κ2) is 8.90. The van der Waals surface area contributed by atoms with Crippen molar-refractivity contribution in [2.45, 2.75) is 25.5 Å². The van der Waals surface area contributed by atoms with E-state index in [1.54, 1.807) is 25.3 Å². The molecule has 1 heterocycles. The van der Waals surface area contributed by atoms with Crippen molar-refractivity contribution in [1.82, 2.24) is 9.55 Å². The third-order valence-corrected chi connectivity index (χ3v) is 4.86. The highest BCUT2D eigenvalue weighted by Crippen LogP contribution is 2.23. The molecule has 0 unspecified atom stereocenters. The highest BCUT2D eigenvalue weighted by atomic mass is 35.5. The summed E-state index contributed by atoms with van der Waals surface area (Å²) in [5, 5.41) is 13.1. The number of carbonyl (C=O) groups excluding carboxylic acids is 1. The summed E-state index contributed by atoms with van der Waals surface area (Å²) in [5.41, 5.74) is 2.77. The Morgan fingerprint density at radius 2 is 2.24 bits per heavy atom. The van der Waals surface area contributed by atoms with Crippen molar-refractivity contribution in [3.8, 4) is 6.07 Å². The van der Waals surface area contributed by atoms with Gasteiger partial charge in [-0.3, -0.25) is 4.79 Å². The van der Waals surface area contributed by atoms with Crippen LogP contribution < -0.4 is 5.32 Å². The largest absolute Gasteiger partial charge is 0.383 e. The number of nitrogens with zero attached hydrogens (tertiary/aromatic N) is 3. The van der Waals surface area contributed by atoms with E-state index in [0.717, 1.165) is 16.5 Å². The summed E-state index contributed by atoms with van der Waals surface area (Å²) in [6, 6.07) is 6.79. The Hall–Kier alpha value is -2.01. The molecule has 6 nitrogen and oxygen atoms in total. The molecule has 1 aromatic carbocycles. The lowest BCUT2D eigenvalue weighted by atomic mass is 10.2. The second-order valence-corrected chi connectivity index (χ2v) is 6.73. The number of ether oxygens (including phenoxy) is 1. The maximum absolute atomic E-state index is 12.2. The first-order chi connectivity index (χ1) is 12.0. The number of aryl methyl sites for hydroxylation is 1. The Labute approximate surface area is 156 Å². The lowest BCUT2D eigenvalue weighted by molar-refractivity contribution is -0.113.